The summed E-state index contributed by atoms with van der Waals surface area (Å²) >= 11 is 0. The van der Waals surface area contributed by atoms with Gasteiger partial charge in [0.2, 0.25) is 0 Å². The Balaban J connectivity index is 2.89. The van der Waals surface area contributed by atoms with E-state index in [0.29, 0.717) is 24.4 Å². The standard InChI is InChI=1S/C15H24N2O2/c1-4-14(5-2)17(10-11-19-3)15(18)12-6-8-13(16)9-7-12/h6-9,14H,4-5,10-11,16H2,1-3H3. The van der Waals surface area contributed by atoms with E-state index >= 15 is 0 Å². The first-order valence-electron chi connectivity index (χ1n) is 6.79. The number of anilines is 1. The molecule has 2 N–H and O–H groups in total. The van der Waals surface area contributed by atoms with Crippen LogP contribution >= 0.6 is 0 Å². The van der Waals surface area contributed by atoms with E-state index in [0.717, 1.165) is 12.8 Å². The highest BCUT2D eigenvalue weighted by Gasteiger charge is 2.21. The van der Waals surface area contributed by atoms with E-state index in [1.165, 1.54) is 0 Å². The molecule has 1 aromatic carbocycles. The number of hydrogen-bond acceptors (Lipinski definition) is 3. The quantitative estimate of drug-likeness (QED) is 0.770. The topological polar surface area (TPSA) is 55.6 Å². The lowest BCUT2D eigenvalue weighted by Crippen LogP contribution is -2.41. The maximum atomic E-state index is 12.6. The van der Waals surface area contributed by atoms with Crippen molar-refractivity contribution in [2.75, 3.05) is 26.0 Å². The molecule has 4 nitrogen and oxygen atoms in total. The van der Waals surface area contributed by atoms with Gasteiger partial charge in [0.1, 0.15) is 0 Å². The van der Waals surface area contributed by atoms with Gasteiger partial charge in [0.25, 0.3) is 5.91 Å². The van der Waals surface area contributed by atoms with Crippen LogP contribution in [0, 0.1) is 0 Å². The molecule has 0 saturated carbocycles. The van der Waals surface area contributed by atoms with Gasteiger partial charge in [0.15, 0.2) is 0 Å². The minimum Gasteiger partial charge on any atom is -0.399 e. The minimum absolute atomic E-state index is 0.0470. The van der Waals surface area contributed by atoms with Gasteiger partial charge in [-0.2, -0.15) is 0 Å². The number of nitrogen functional groups attached to an aromatic ring is 1. The lowest BCUT2D eigenvalue weighted by molar-refractivity contribution is 0.0589. The molecule has 0 atom stereocenters. The fraction of sp³-hybridized carbons (Fsp3) is 0.533. The van der Waals surface area contributed by atoms with Crippen molar-refractivity contribution in [1.29, 1.82) is 0 Å². The molecule has 0 aromatic heterocycles. The maximum absolute atomic E-state index is 12.6. The van der Waals surface area contributed by atoms with E-state index < -0.39 is 0 Å². The molecule has 0 unspecified atom stereocenters. The van der Waals surface area contributed by atoms with Crippen molar-refractivity contribution in [1.82, 2.24) is 4.90 Å². The smallest absolute Gasteiger partial charge is 0.254 e. The Bertz CT molecular complexity index is 386. The van der Waals surface area contributed by atoms with Crippen LogP contribution < -0.4 is 5.73 Å². The molecule has 106 valence electrons. The van der Waals surface area contributed by atoms with Crippen molar-refractivity contribution >= 4 is 11.6 Å². The predicted molar refractivity (Wildman–Crippen MR) is 78.1 cm³/mol. The van der Waals surface area contributed by atoms with Gasteiger partial charge >= 0.3 is 0 Å². The van der Waals surface area contributed by atoms with Gasteiger partial charge in [0.05, 0.1) is 6.61 Å². The number of nitrogens with zero attached hydrogens (tertiary/aromatic N) is 1. The van der Waals surface area contributed by atoms with Crippen LogP contribution in [-0.4, -0.2) is 37.1 Å². The molecule has 19 heavy (non-hydrogen) atoms. The Morgan fingerprint density at radius 3 is 2.32 bits per heavy atom. The Hall–Kier alpha value is -1.55. The summed E-state index contributed by atoms with van der Waals surface area (Å²) in [5.74, 6) is 0.0470. The van der Waals surface area contributed by atoms with Crippen molar-refractivity contribution in [3.8, 4) is 0 Å². The van der Waals surface area contributed by atoms with Gasteiger partial charge in [-0.25, -0.2) is 0 Å². The molecular weight excluding hydrogens is 240 g/mol. The number of rotatable bonds is 7. The number of methoxy groups -OCH3 is 1. The summed E-state index contributed by atoms with van der Waals surface area (Å²) in [6.07, 6.45) is 1.89. The largest absolute Gasteiger partial charge is 0.399 e. The highest BCUT2D eigenvalue weighted by atomic mass is 16.5. The number of amides is 1. The summed E-state index contributed by atoms with van der Waals surface area (Å²) in [5, 5.41) is 0. The molecule has 0 bridgehead atoms. The molecule has 0 spiro atoms. The normalized spacial score (nSPS) is 10.7. The molecule has 0 aliphatic rings. The molecule has 4 heteroatoms. The summed E-state index contributed by atoms with van der Waals surface area (Å²) in [7, 11) is 1.65. The van der Waals surface area contributed by atoms with Crippen LogP contribution in [0.5, 0.6) is 0 Å². The Morgan fingerprint density at radius 2 is 1.84 bits per heavy atom. The van der Waals surface area contributed by atoms with E-state index in [1.54, 1.807) is 31.4 Å². The number of nitrogens with two attached hydrogens (primary N) is 1. The number of hydrogen-bond donors (Lipinski definition) is 1. The van der Waals surface area contributed by atoms with Crippen molar-refractivity contribution in [2.45, 2.75) is 32.7 Å². The van der Waals surface area contributed by atoms with Gasteiger partial charge in [-0.05, 0) is 37.1 Å². The Labute approximate surface area is 115 Å². The van der Waals surface area contributed by atoms with E-state index in [4.69, 9.17) is 10.5 Å². The summed E-state index contributed by atoms with van der Waals surface area (Å²) < 4.78 is 5.10. The van der Waals surface area contributed by atoms with Crippen LogP contribution in [0.15, 0.2) is 24.3 Å². The van der Waals surface area contributed by atoms with Crippen LogP contribution in [0.4, 0.5) is 5.69 Å². The minimum atomic E-state index is 0.0470. The predicted octanol–water partition coefficient (Wildman–Crippen LogP) is 2.55. The van der Waals surface area contributed by atoms with Gasteiger partial charge in [0, 0.05) is 30.9 Å². The van der Waals surface area contributed by atoms with E-state index in [2.05, 4.69) is 13.8 Å². The third-order valence-corrected chi connectivity index (χ3v) is 3.34. The van der Waals surface area contributed by atoms with Crippen LogP contribution in [-0.2, 0) is 4.74 Å². The molecule has 0 aliphatic heterocycles. The molecular formula is C15H24N2O2. The lowest BCUT2D eigenvalue weighted by Gasteiger charge is -2.30. The molecule has 0 aliphatic carbocycles. The number of ether oxygens (including phenoxy) is 1. The molecule has 1 rings (SSSR count). The van der Waals surface area contributed by atoms with E-state index in [1.807, 2.05) is 4.90 Å². The molecule has 1 aromatic rings. The zero-order valence-electron chi connectivity index (χ0n) is 12.1. The van der Waals surface area contributed by atoms with Crippen molar-refractivity contribution in [2.24, 2.45) is 0 Å². The summed E-state index contributed by atoms with van der Waals surface area (Å²) in [4.78, 5) is 14.4. The lowest BCUT2D eigenvalue weighted by atomic mass is 10.1. The van der Waals surface area contributed by atoms with Gasteiger partial charge in [-0.15, -0.1) is 0 Å². The summed E-state index contributed by atoms with van der Waals surface area (Å²) in [6.45, 7) is 5.37. The fourth-order valence-corrected chi connectivity index (χ4v) is 2.16. The zero-order chi connectivity index (χ0) is 14.3. The van der Waals surface area contributed by atoms with Gasteiger partial charge < -0.3 is 15.4 Å². The fourth-order valence-electron chi connectivity index (χ4n) is 2.16. The number of carbonyl (C=O) groups excluding carboxylic acids is 1. The molecule has 0 fully saturated rings. The Kier molecular flexibility index (Phi) is 6.36. The molecule has 1 amide bonds. The van der Waals surface area contributed by atoms with Gasteiger partial charge in [-0.1, -0.05) is 13.8 Å². The molecule has 0 heterocycles. The Morgan fingerprint density at radius 1 is 1.26 bits per heavy atom. The second-order valence-corrected chi connectivity index (χ2v) is 4.58. The van der Waals surface area contributed by atoms with Crippen LogP contribution in [0.25, 0.3) is 0 Å². The van der Waals surface area contributed by atoms with Crippen LogP contribution in [0.1, 0.15) is 37.0 Å². The van der Waals surface area contributed by atoms with Gasteiger partial charge in [-0.3, -0.25) is 4.79 Å². The molecule has 0 radical (unpaired) electrons. The highest BCUT2D eigenvalue weighted by Crippen LogP contribution is 2.14. The van der Waals surface area contributed by atoms with Crippen LogP contribution in [0.3, 0.4) is 0 Å². The highest BCUT2D eigenvalue weighted by molar-refractivity contribution is 5.94. The summed E-state index contributed by atoms with van der Waals surface area (Å²) in [5.41, 5.74) is 7.00. The third-order valence-electron chi connectivity index (χ3n) is 3.34. The summed E-state index contributed by atoms with van der Waals surface area (Å²) in [6, 6.07) is 7.32. The average Bonchev–Trinajstić information content (AvgIpc) is 2.43. The SMILES string of the molecule is CCC(CC)N(CCOC)C(=O)c1ccc(N)cc1. The first-order valence-corrected chi connectivity index (χ1v) is 6.79. The monoisotopic (exact) mass is 264 g/mol. The van der Waals surface area contributed by atoms with Crippen molar-refractivity contribution < 1.29 is 9.53 Å². The number of carbonyl (C=O) groups is 1. The number of benzene rings is 1. The second-order valence-electron chi connectivity index (χ2n) is 4.58. The van der Waals surface area contributed by atoms with Crippen LogP contribution in [0.2, 0.25) is 0 Å². The molecule has 0 saturated heterocycles. The average molecular weight is 264 g/mol. The first kappa shape index (κ1) is 15.5. The zero-order valence-corrected chi connectivity index (χ0v) is 12.1. The third kappa shape index (κ3) is 4.24. The van der Waals surface area contributed by atoms with E-state index in [-0.39, 0.29) is 11.9 Å². The van der Waals surface area contributed by atoms with Crippen molar-refractivity contribution in [3.63, 3.8) is 0 Å². The van der Waals surface area contributed by atoms with E-state index in [9.17, 15) is 4.79 Å². The van der Waals surface area contributed by atoms with Crippen molar-refractivity contribution in [3.05, 3.63) is 29.8 Å². The first-order chi connectivity index (χ1) is 9.13. The maximum Gasteiger partial charge on any atom is 0.254 e. The second kappa shape index (κ2) is 7.79.